The first-order valence-electron chi connectivity index (χ1n) is 22.8. The number of methoxy groups -OCH3 is 2. The lowest BCUT2D eigenvalue weighted by Gasteiger charge is -2.47. The minimum atomic E-state index is -2.56. The monoisotopic (exact) mass is 849 g/mol. The second-order valence-corrected chi connectivity index (χ2v) is 18.9. The minimum absolute atomic E-state index is 0.0203. The van der Waals surface area contributed by atoms with Crippen molar-refractivity contribution < 1.29 is 52.4 Å². The van der Waals surface area contributed by atoms with Gasteiger partial charge in [-0.1, -0.05) is 53.7 Å². The number of hydrogen-bond acceptors (Lipinski definition) is 11. The molecule has 3 aliphatic heterocycles. The molecule has 4 aliphatic rings. The first-order chi connectivity index (χ1) is 28.4. The molecule has 0 radical (unpaired) electrons. The lowest BCUT2D eigenvalue weighted by molar-refractivity contribution is -0.302. The Morgan fingerprint density at radius 3 is 2.33 bits per heavy atom. The number of alkyl halides is 1. The van der Waals surface area contributed by atoms with Crippen LogP contribution in [0.3, 0.4) is 0 Å². The predicted octanol–water partition coefficient (Wildman–Crippen LogP) is 6.83. The molecule has 13 heteroatoms. The van der Waals surface area contributed by atoms with Crippen LogP contribution in [0.1, 0.15) is 132 Å². The van der Waals surface area contributed by atoms with Crippen LogP contribution in [-0.2, 0) is 42.9 Å². The number of ketones is 2. The van der Waals surface area contributed by atoms with Crippen molar-refractivity contribution in [2.75, 3.05) is 27.4 Å². The van der Waals surface area contributed by atoms with Crippen LogP contribution >= 0.6 is 0 Å². The number of esters is 1. The predicted molar refractivity (Wildman–Crippen MR) is 227 cm³/mol. The highest BCUT2D eigenvalue weighted by atomic mass is 19.1. The Morgan fingerprint density at radius 2 is 1.68 bits per heavy atom. The molecule has 4 rings (SSSR count). The van der Waals surface area contributed by atoms with Crippen LogP contribution in [0.5, 0.6) is 0 Å². The molecule has 3 fully saturated rings. The lowest BCUT2D eigenvalue weighted by atomic mass is 9.81. The Hall–Kier alpha value is -2.55. The standard InChI is InChI=1S/C47H77FN2O10/c1-11-34-23-29(5)41(48)30(6)24-39(56-9)43-40(57-10)25-32(8)47(55,60-43)44(52)45(53)50-20-13-12-14-36(50)46(54)59-42(28(4)15-18-37(34)51)31(7)22-33-16-17-35(49)38(26-33)58-21-19-27(2)3/h22-23,27-28,30,32-36,38-43,55H,11-21,24-26,49H2,1-10H3/b29-23+,31-22?. The zero-order chi connectivity index (χ0) is 44.5. The SMILES string of the molecule is CCC1/C=C(\C)C(F)C(C)CC(OC)C2OC(O)(C(=O)C(=O)N3CCCCC3C(=O)OC(C(C)=CC3CCC(N)C(OCCC(C)C)C3)C(C)CCC1=O)C(C)CC2OC. The molecule has 12 nitrogen and oxygen atoms in total. The molecule has 60 heavy (non-hydrogen) atoms. The van der Waals surface area contributed by atoms with Crippen molar-refractivity contribution in [3.8, 4) is 0 Å². The number of allylic oxidation sites excluding steroid dienone is 3. The highest BCUT2D eigenvalue weighted by molar-refractivity contribution is 6.39. The molecule has 1 saturated carbocycles. The van der Waals surface area contributed by atoms with Gasteiger partial charge in [0.25, 0.3) is 11.7 Å². The molecule has 1 aliphatic carbocycles. The molecule has 0 spiro atoms. The summed E-state index contributed by atoms with van der Waals surface area (Å²) in [7, 11) is 2.93. The van der Waals surface area contributed by atoms with Crippen LogP contribution in [-0.4, -0.2) is 115 Å². The Kier molecular flexibility index (Phi) is 19.0. The van der Waals surface area contributed by atoms with Gasteiger partial charge in [-0.15, -0.1) is 0 Å². The van der Waals surface area contributed by atoms with Gasteiger partial charge in [0.15, 0.2) is 0 Å². The van der Waals surface area contributed by atoms with Crippen molar-refractivity contribution in [1.29, 1.82) is 0 Å². The largest absolute Gasteiger partial charge is 0.456 e. The maximum absolute atomic E-state index is 16.2. The van der Waals surface area contributed by atoms with Gasteiger partial charge in [0.2, 0.25) is 5.79 Å². The third-order valence-corrected chi connectivity index (χ3v) is 13.8. The molecule has 0 aromatic heterocycles. The number of Topliss-reactive ketones (excluding diaryl/α,β-unsaturated/α-hetero) is 2. The summed E-state index contributed by atoms with van der Waals surface area (Å²) in [5, 5.41) is 12.1. The van der Waals surface area contributed by atoms with Crippen LogP contribution < -0.4 is 5.73 Å². The molecule has 14 atom stereocenters. The van der Waals surface area contributed by atoms with E-state index in [0.717, 1.165) is 31.3 Å². The molecule has 0 aromatic carbocycles. The number of nitrogens with two attached hydrogens (primary N) is 1. The molecule has 2 saturated heterocycles. The maximum atomic E-state index is 16.2. The van der Waals surface area contributed by atoms with Gasteiger partial charge >= 0.3 is 5.97 Å². The second kappa shape index (κ2) is 22.7. The van der Waals surface area contributed by atoms with Gasteiger partial charge in [-0.3, -0.25) is 14.4 Å². The van der Waals surface area contributed by atoms with Gasteiger partial charge in [-0.25, -0.2) is 9.18 Å². The number of hydrogen-bond donors (Lipinski definition) is 2. The van der Waals surface area contributed by atoms with Crippen LogP contribution in [0.2, 0.25) is 0 Å². The molecule has 3 heterocycles. The van der Waals surface area contributed by atoms with Gasteiger partial charge in [0.1, 0.15) is 30.2 Å². The average Bonchev–Trinajstić information content (AvgIpc) is 3.23. The topological polar surface area (TPSA) is 164 Å². The fourth-order valence-corrected chi connectivity index (χ4v) is 9.73. The van der Waals surface area contributed by atoms with Crippen LogP contribution in [0.4, 0.5) is 4.39 Å². The fraction of sp³-hybridized carbons (Fsp3) is 0.830. The van der Waals surface area contributed by atoms with Crippen molar-refractivity contribution in [3.63, 3.8) is 0 Å². The Bertz CT molecular complexity index is 1520. The summed E-state index contributed by atoms with van der Waals surface area (Å²) in [6, 6.07) is -1.14. The summed E-state index contributed by atoms with van der Waals surface area (Å²) in [6.45, 7) is 15.9. The van der Waals surface area contributed by atoms with Gasteiger partial charge in [0, 0.05) is 51.7 Å². The first-order valence-corrected chi connectivity index (χ1v) is 22.8. The van der Waals surface area contributed by atoms with Gasteiger partial charge < -0.3 is 39.4 Å². The number of rotatable bonds is 9. The van der Waals surface area contributed by atoms with Crippen LogP contribution in [0, 0.1) is 35.5 Å². The Balaban J connectivity index is 1.73. The third kappa shape index (κ3) is 12.3. The van der Waals surface area contributed by atoms with E-state index in [1.165, 1.54) is 19.1 Å². The molecular weight excluding hydrogens is 772 g/mol. The van der Waals surface area contributed by atoms with Crippen molar-refractivity contribution in [1.82, 2.24) is 4.90 Å². The highest BCUT2D eigenvalue weighted by Gasteiger charge is 2.56. The average molecular weight is 849 g/mol. The number of ether oxygens (including phenoxy) is 5. The number of amides is 1. The van der Waals surface area contributed by atoms with E-state index in [0.29, 0.717) is 43.8 Å². The Morgan fingerprint density at radius 1 is 1.00 bits per heavy atom. The maximum Gasteiger partial charge on any atom is 0.329 e. The lowest BCUT2D eigenvalue weighted by Crippen LogP contribution is -2.64. The first kappa shape index (κ1) is 50.1. The molecule has 2 bridgehead atoms. The molecule has 0 aromatic rings. The minimum Gasteiger partial charge on any atom is -0.456 e. The van der Waals surface area contributed by atoms with E-state index in [9.17, 15) is 24.3 Å². The Labute approximate surface area is 358 Å². The summed E-state index contributed by atoms with van der Waals surface area (Å²) < 4.78 is 46.7. The number of aliphatic hydroxyl groups is 1. The van der Waals surface area contributed by atoms with E-state index < -0.39 is 77.8 Å². The van der Waals surface area contributed by atoms with E-state index in [2.05, 4.69) is 19.9 Å². The second-order valence-electron chi connectivity index (χ2n) is 18.9. The van der Waals surface area contributed by atoms with E-state index in [1.807, 2.05) is 20.8 Å². The summed E-state index contributed by atoms with van der Waals surface area (Å²) in [6.07, 6.45) is 5.29. The number of fused-ring (bicyclic) bond motifs is 3. The number of carbonyl (C=O) groups excluding carboxylic acids is 4. The zero-order valence-corrected chi connectivity index (χ0v) is 38.2. The van der Waals surface area contributed by atoms with Gasteiger partial charge in [0.05, 0.1) is 18.3 Å². The number of carbonyl (C=O) groups is 4. The van der Waals surface area contributed by atoms with E-state index >= 15 is 4.39 Å². The number of piperidine rings is 1. The normalized spacial score (nSPS) is 39.7. The van der Waals surface area contributed by atoms with Crippen molar-refractivity contribution in [2.45, 2.75) is 187 Å². The molecular formula is C47H77FN2O10. The summed E-state index contributed by atoms with van der Waals surface area (Å²) in [4.78, 5) is 58.0. The van der Waals surface area contributed by atoms with Gasteiger partial charge in [-0.2, -0.15) is 0 Å². The van der Waals surface area contributed by atoms with Crippen LogP contribution in [0.25, 0.3) is 0 Å². The summed E-state index contributed by atoms with van der Waals surface area (Å²) >= 11 is 0. The zero-order valence-electron chi connectivity index (χ0n) is 38.2. The quantitative estimate of drug-likeness (QED) is 0.142. The van der Waals surface area contributed by atoms with Crippen molar-refractivity contribution in [3.05, 3.63) is 23.3 Å². The highest BCUT2D eigenvalue weighted by Crippen LogP contribution is 2.39. The van der Waals surface area contributed by atoms with Gasteiger partial charge in [-0.05, 0) is 119 Å². The summed E-state index contributed by atoms with van der Waals surface area (Å²) in [5.41, 5.74) is 7.76. The fourth-order valence-electron chi connectivity index (χ4n) is 9.73. The van der Waals surface area contributed by atoms with Crippen molar-refractivity contribution >= 4 is 23.4 Å². The molecule has 14 unspecified atom stereocenters. The molecule has 342 valence electrons. The van der Waals surface area contributed by atoms with E-state index in [-0.39, 0.29) is 62.0 Å². The number of nitrogens with zero attached hydrogens (tertiary/aromatic N) is 1. The molecule has 3 N–H and O–H groups in total. The van der Waals surface area contributed by atoms with Crippen LogP contribution in [0.15, 0.2) is 23.3 Å². The number of cyclic esters (lactones) is 1. The molecule has 1 amide bonds. The van der Waals surface area contributed by atoms with Crippen molar-refractivity contribution in [2.24, 2.45) is 41.2 Å². The summed E-state index contributed by atoms with van der Waals surface area (Å²) in [5.74, 6) is -7.07. The third-order valence-electron chi connectivity index (χ3n) is 13.8. The van der Waals surface area contributed by atoms with E-state index in [4.69, 9.17) is 29.4 Å². The smallest absolute Gasteiger partial charge is 0.329 e. The van der Waals surface area contributed by atoms with E-state index in [1.54, 1.807) is 26.8 Å². The number of halogens is 1.